The van der Waals surface area contributed by atoms with E-state index >= 15 is 0 Å². The summed E-state index contributed by atoms with van der Waals surface area (Å²) < 4.78 is 0.602. The van der Waals surface area contributed by atoms with Crippen LogP contribution in [0.1, 0.15) is 10.5 Å². The summed E-state index contributed by atoms with van der Waals surface area (Å²) >= 11 is 4.60. The number of carbonyl (C=O) groups is 1. The van der Waals surface area contributed by atoms with Crippen molar-refractivity contribution in [3.8, 4) is 0 Å². The minimum atomic E-state index is -0.218. The summed E-state index contributed by atoms with van der Waals surface area (Å²) in [5, 5.41) is 3.09. The number of aromatic nitrogens is 2. The van der Waals surface area contributed by atoms with E-state index in [4.69, 9.17) is 0 Å². The molecule has 0 aliphatic heterocycles. The second-order valence-electron chi connectivity index (χ2n) is 2.13. The van der Waals surface area contributed by atoms with Gasteiger partial charge in [-0.3, -0.25) is 4.79 Å². The molecule has 0 bridgehead atoms. The largest absolute Gasteiger partial charge is 0.354 e. The number of thioether (sulfide) groups is 1. The topological polar surface area (TPSA) is 54.9 Å². The van der Waals surface area contributed by atoms with Crippen LogP contribution in [-0.2, 0) is 0 Å². The highest BCUT2D eigenvalue weighted by Gasteiger charge is 2.11. The minimum Gasteiger partial charge on any atom is -0.354 e. The Morgan fingerprint density at radius 2 is 2.38 bits per heavy atom. The van der Waals surface area contributed by atoms with Crippen molar-refractivity contribution in [2.45, 2.75) is 5.16 Å². The van der Waals surface area contributed by atoms with Gasteiger partial charge in [0.05, 0.1) is 4.47 Å². The van der Waals surface area contributed by atoms with Crippen molar-refractivity contribution in [2.75, 3.05) is 13.3 Å². The summed E-state index contributed by atoms with van der Waals surface area (Å²) in [6, 6.07) is 0. The Kier molecular flexibility index (Phi) is 3.68. The summed E-state index contributed by atoms with van der Waals surface area (Å²) in [6.45, 7) is 0. The average Bonchev–Trinajstić information content (AvgIpc) is 2.17. The lowest BCUT2D eigenvalue weighted by atomic mass is 10.4. The second-order valence-corrected chi connectivity index (χ2v) is 3.76. The maximum atomic E-state index is 11.3. The zero-order valence-electron chi connectivity index (χ0n) is 7.17. The van der Waals surface area contributed by atoms with Crippen LogP contribution in [0.2, 0.25) is 0 Å². The molecule has 0 saturated carbocycles. The first kappa shape index (κ1) is 10.5. The van der Waals surface area contributed by atoms with Crippen LogP contribution in [0.3, 0.4) is 0 Å². The van der Waals surface area contributed by atoms with Gasteiger partial charge in [-0.25, -0.2) is 9.97 Å². The molecule has 1 rings (SSSR count). The summed E-state index contributed by atoms with van der Waals surface area (Å²) in [5.41, 5.74) is 0.363. The maximum absolute atomic E-state index is 11.3. The molecular weight excluding hydrogens is 254 g/mol. The van der Waals surface area contributed by atoms with Gasteiger partial charge < -0.3 is 5.32 Å². The van der Waals surface area contributed by atoms with E-state index in [1.54, 1.807) is 13.2 Å². The number of hydrogen-bond acceptors (Lipinski definition) is 4. The van der Waals surface area contributed by atoms with Crippen LogP contribution < -0.4 is 5.32 Å². The molecule has 0 aromatic carbocycles. The normalized spacial score (nSPS) is 9.77. The Hall–Kier alpha value is -0.620. The highest BCUT2D eigenvalue weighted by atomic mass is 79.9. The number of halogens is 1. The molecule has 0 radical (unpaired) electrons. The number of carbonyl (C=O) groups excluding carboxylic acids is 1. The molecule has 1 heterocycles. The van der Waals surface area contributed by atoms with Gasteiger partial charge in [0.1, 0.15) is 5.69 Å². The van der Waals surface area contributed by atoms with E-state index in [9.17, 15) is 4.79 Å². The summed E-state index contributed by atoms with van der Waals surface area (Å²) in [5.74, 6) is -0.218. The average molecular weight is 262 g/mol. The quantitative estimate of drug-likeness (QED) is 0.645. The highest BCUT2D eigenvalue weighted by Crippen LogP contribution is 2.16. The van der Waals surface area contributed by atoms with Crippen molar-refractivity contribution in [1.82, 2.24) is 15.3 Å². The van der Waals surface area contributed by atoms with Crippen molar-refractivity contribution < 1.29 is 4.79 Å². The molecule has 4 nitrogen and oxygen atoms in total. The number of nitrogens with zero attached hydrogens (tertiary/aromatic N) is 2. The summed E-state index contributed by atoms with van der Waals surface area (Å²) in [7, 11) is 1.57. The fourth-order valence-corrected chi connectivity index (χ4v) is 1.44. The van der Waals surface area contributed by atoms with Gasteiger partial charge in [0.15, 0.2) is 5.16 Å². The van der Waals surface area contributed by atoms with E-state index in [0.29, 0.717) is 15.3 Å². The Bertz CT molecular complexity index is 332. The predicted octanol–water partition coefficient (Wildman–Crippen LogP) is 1.32. The van der Waals surface area contributed by atoms with Gasteiger partial charge in [-0.2, -0.15) is 0 Å². The molecule has 1 aromatic rings. The third kappa shape index (κ3) is 2.41. The summed E-state index contributed by atoms with van der Waals surface area (Å²) in [4.78, 5) is 19.3. The van der Waals surface area contributed by atoms with Crippen LogP contribution in [0.5, 0.6) is 0 Å². The van der Waals surface area contributed by atoms with E-state index in [0.717, 1.165) is 0 Å². The minimum absolute atomic E-state index is 0.218. The van der Waals surface area contributed by atoms with E-state index in [1.165, 1.54) is 11.8 Å². The monoisotopic (exact) mass is 261 g/mol. The van der Waals surface area contributed by atoms with Crippen molar-refractivity contribution in [3.05, 3.63) is 16.4 Å². The molecule has 0 fully saturated rings. The Morgan fingerprint density at radius 1 is 1.69 bits per heavy atom. The molecule has 1 N–H and O–H groups in total. The van der Waals surface area contributed by atoms with Crippen LogP contribution in [0, 0.1) is 0 Å². The van der Waals surface area contributed by atoms with Gasteiger partial charge in [0.2, 0.25) is 0 Å². The lowest BCUT2D eigenvalue weighted by Gasteiger charge is -2.02. The third-order valence-electron chi connectivity index (χ3n) is 1.35. The van der Waals surface area contributed by atoms with Gasteiger partial charge in [-0.05, 0) is 22.2 Å². The fraction of sp³-hybridized carbons (Fsp3) is 0.286. The van der Waals surface area contributed by atoms with Crippen LogP contribution in [-0.4, -0.2) is 29.2 Å². The zero-order chi connectivity index (χ0) is 9.84. The zero-order valence-corrected chi connectivity index (χ0v) is 9.57. The third-order valence-corrected chi connectivity index (χ3v) is 2.49. The van der Waals surface area contributed by atoms with E-state index < -0.39 is 0 Å². The standard InChI is InChI=1S/C7H8BrN3OS/c1-9-6(12)5-4(8)3-10-7(11-5)13-2/h3H,1-2H3,(H,9,12). The number of nitrogens with one attached hydrogen (secondary N) is 1. The van der Waals surface area contributed by atoms with Gasteiger partial charge >= 0.3 is 0 Å². The highest BCUT2D eigenvalue weighted by molar-refractivity contribution is 9.10. The maximum Gasteiger partial charge on any atom is 0.270 e. The molecule has 13 heavy (non-hydrogen) atoms. The van der Waals surface area contributed by atoms with Crippen molar-refractivity contribution >= 4 is 33.6 Å². The predicted molar refractivity (Wildman–Crippen MR) is 54.9 cm³/mol. The van der Waals surface area contributed by atoms with Crippen molar-refractivity contribution in [2.24, 2.45) is 0 Å². The van der Waals surface area contributed by atoms with E-state index in [2.05, 4.69) is 31.2 Å². The first-order chi connectivity index (χ1) is 6.19. The van der Waals surface area contributed by atoms with Gasteiger partial charge in [0, 0.05) is 13.2 Å². The van der Waals surface area contributed by atoms with Crippen LogP contribution in [0.15, 0.2) is 15.8 Å². The number of hydrogen-bond donors (Lipinski definition) is 1. The van der Waals surface area contributed by atoms with Gasteiger partial charge in [0.25, 0.3) is 5.91 Å². The Morgan fingerprint density at radius 3 is 2.92 bits per heavy atom. The molecule has 0 unspecified atom stereocenters. The molecule has 0 saturated heterocycles. The Balaban J connectivity index is 3.11. The first-order valence-corrected chi connectivity index (χ1v) is 5.49. The molecule has 1 amide bonds. The Labute approximate surface area is 88.7 Å². The second kappa shape index (κ2) is 4.57. The van der Waals surface area contributed by atoms with E-state index in [-0.39, 0.29) is 5.91 Å². The number of amides is 1. The molecule has 0 aliphatic rings. The molecule has 6 heteroatoms. The fourth-order valence-electron chi connectivity index (χ4n) is 0.727. The lowest BCUT2D eigenvalue weighted by molar-refractivity contribution is 0.0956. The molecule has 1 aromatic heterocycles. The molecule has 70 valence electrons. The molecule has 0 aliphatic carbocycles. The molecule has 0 atom stereocenters. The van der Waals surface area contributed by atoms with Gasteiger partial charge in [-0.15, -0.1) is 0 Å². The molecule has 0 spiro atoms. The van der Waals surface area contributed by atoms with Crippen LogP contribution in [0.25, 0.3) is 0 Å². The molecular formula is C7H8BrN3OS. The first-order valence-electron chi connectivity index (χ1n) is 3.47. The number of rotatable bonds is 2. The van der Waals surface area contributed by atoms with Crippen LogP contribution >= 0.6 is 27.7 Å². The smallest absolute Gasteiger partial charge is 0.270 e. The van der Waals surface area contributed by atoms with Crippen molar-refractivity contribution in [3.63, 3.8) is 0 Å². The van der Waals surface area contributed by atoms with Crippen molar-refractivity contribution in [1.29, 1.82) is 0 Å². The SMILES string of the molecule is CNC(=O)c1nc(SC)ncc1Br. The van der Waals surface area contributed by atoms with Crippen LogP contribution in [0.4, 0.5) is 0 Å². The van der Waals surface area contributed by atoms with Gasteiger partial charge in [-0.1, -0.05) is 11.8 Å². The summed E-state index contributed by atoms with van der Waals surface area (Å²) in [6.07, 6.45) is 3.43. The van der Waals surface area contributed by atoms with E-state index in [1.807, 2.05) is 6.26 Å². The lowest BCUT2D eigenvalue weighted by Crippen LogP contribution is -2.20.